The molecule has 1 aliphatic rings. The highest BCUT2D eigenvalue weighted by Gasteiger charge is 2.18. The molecule has 1 aliphatic heterocycles. The second-order valence-electron chi connectivity index (χ2n) is 5.23. The number of hydrogen-bond donors (Lipinski definition) is 1. The molecule has 2 aromatic heterocycles. The zero-order valence-electron chi connectivity index (χ0n) is 12.0. The largest absolute Gasteiger partial charge is 0.381 e. The third kappa shape index (κ3) is 3.27. The molecule has 3 rings (SSSR count). The molecule has 2 N–H and O–H groups in total. The van der Waals surface area contributed by atoms with Crippen LogP contribution in [0.1, 0.15) is 12.8 Å². The second-order valence-corrected chi connectivity index (χ2v) is 5.23. The van der Waals surface area contributed by atoms with E-state index in [9.17, 15) is 0 Å². The highest BCUT2D eigenvalue weighted by molar-refractivity contribution is 5.37. The summed E-state index contributed by atoms with van der Waals surface area (Å²) in [5.41, 5.74) is 5.79. The quantitative estimate of drug-likeness (QED) is 0.875. The number of imidazole rings is 1. The molecule has 1 fully saturated rings. The van der Waals surface area contributed by atoms with Crippen molar-refractivity contribution >= 4 is 11.9 Å². The molecular formula is C13H19N7O. The Labute approximate surface area is 123 Å². The molecule has 0 bridgehead atoms. The molecule has 0 radical (unpaired) electrons. The number of hydrogen-bond acceptors (Lipinski definition) is 7. The van der Waals surface area contributed by atoms with Crippen LogP contribution in [0.3, 0.4) is 0 Å². The van der Waals surface area contributed by atoms with Crippen LogP contribution in [0.5, 0.6) is 0 Å². The minimum atomic E-state index is 0.204. The van der Waals surface area contributed by atoms with E-state index in [2.05, 4.69) is 19.9 Å². The van der Waals surface area contributed by atoms with Crippen LogP contribution < -0.4 is 10.6 Å². The van der Waals surface area contributed by atoms with Crippen molar-refractivity contribution < 1.29 is 4.74 Å². The Morgan fingerprint density at radius 3 is 3.05 bits per heavy atom. The van der Waals surface area contributed by atoms with E-state index in [4.69, 9.17) is 10.5 Å². The average molecular weight is 289 g/mol. The van der Waals surface area contributed by atoms with Crippen LogP contribution in [0.4, 0.5) is 11.9 Å². The number of nitrogens with zero attached hydrogens (tertiary/aromatic N) is 6. The van der Waals surface area contributed by atoms with Crippen LogP contribution in [0, 0.1) is 5.92 Å². The first-order chi connectivity index (χ1) is 10.2. The minimum Gasteiger partial charge on any atom is -0.381 e. The molecule has 0 spiro atoms. The lowest BCUT2D eigenvalue weighted by Gasteiger charge is -2.27. The Balaban J connectivity index is 1.77. The number of rotatable bonds is 4. The lowest BCUT2D eigenvalue weighted by Crippen LogP contribution is -2.32. The van der Waals surface area contributed by atoms with Gasteiger partial charge in [-0.15, -0.1) is 0 Å². The second kappa shape index (κ2) is 6.04. The minimum absolute atomic E-state index is 0.204. The van der Waals surface area contributed by atoms with E-state index in [0.717, 1.165) is 26.2 Å². The molecular weight excluding hydrogens is 270 g/mol. The van der Waals surface area contributed by atoms with E-state index >= 15 is 0 Å². The Bertz CT molecular complexity index is 580. The molecule has 0 aromatic carbocycles. The fourth-order valence-electron chi connectivity index (χ4n) is 2.45. The normalized spacial score (nSPS) is 18.6. The molecule has 0 saturated carbocycles. The van der Waals surface area contributed by atoms with Gasteiger partial charge in [0.2, 0.25) is 17.8 Å². The Kier molecular flexibility index (Phi) is 3.96. The van der Waals surface area contributed by atoms with Crippen LogP contribution in [0.2, 0.25) is 0 Å². The van der Waals surface area contributed by atoms with Gasteiger partial charge in [-0.05, 0) is 18.8 Å². The predicted molar refractivity (Wildman–Crippen MR) is 78.2 cm³/mol. The summed E-state index contributed by atoms with van der Waals surface area (Å²) in [6, 6.07) is 0. The summed E-state index contributed by atoms with van der Waals surface area (Å²) in [5.74, 6) is 1.74. The molecule has 0 amide bonds. The van der Waals surface area contributed by atoms with Crippen LogP contribution in [-0.4, -0.2) is 51.3 Å². The third-order valence-electron chi connectivity index (χ3n) is 3.49. The van der Waals surface area contributed by atoms with Gasteiger partial charge >= 0.3 is 0 Å². The molecule has 0 aliphatic carbocycles. The molecule has 112 valence electrons. The Morgan fingerprint density at radius 1 is 1.43 bits per heavy atom. The molecule has 21 heavy (non-hydrogen) atoms. The van der Waals surface area contributed by atoms with Crippen molar-refractivity contribution in [1.29, 1.82) is 0 Å². The summed E-state index contributed by atoms with van der Waals surface area (Å²) in [6.07, 6.45) is 7.35. The lowest BCUT2D eigenvalue weighted by atomic mass is 10.0. The summed E-state index contributed by atoms with van der Waals surface area (Å²) >= 11 is 0. The van der Waals surface area contributed by atoms with Crippen LogP contribution in [0.25, 0.3) is 5.95 Å². The van der Waals surface area contributed by atoms with Gasteiger partial charge in [0.05, 0.1) is 6.61 Å². The first kappa shape index (κ1) is 13.7. The highest BCUT2D eigenvalue weighted by Crippen LogP contribution is 2.17. The van der Waals surface area contributed by atoms with E-state index in [-0.39, 0.29) is 5.95 Å². The summed E-state index contributed by atoms with van der Waals surface area (Å²) in [4.78, 5) is 18.8. The van der Waals surface area contributed by atoms with Crippen LogP contribution >= 0.6 is 0 Å². The van der Waals surface area contributed by atoms with Gasteiger partial charge in [0.15, 0.2) is 0 Å². The van der Waals surface area contributed by atoms with E-state index in [0.29, 0.717) is 17.8 Å². The SMILES string of the molecule is CN(CC1CCCOC1)c1nc(N)nc(-n2ccnc2)n1. The van der Waals surface area contributed by atoms with Crippen molar-refractivity contribution in [1.82, 2.24) is 24.5 Å². The van der Waals surface area contributed by atoms with Crippen molar-refractivity contribution in [3.8, 4) is 5.95 Å². The van der Waals surface area contributed by atoms with E-state index < -0.39 is 0 Å². The van der Waals surface area contributed by atoms with Gasteiger partial charge in [-0.2, -0.15) is 15.0 Å². The van der Waals surface area contributed by atoms with Gasteiger partial charge in [0, 0.05) is 32.6 Å². The number of nitrogen functional groups attached to an aromatic ring is 1. The Morgan fingerprint density at radius 2 is 2.33 bits per heavy atom. The first-order valence-electron chi connectivity index (χ1n) is 7.01. The molecule has 1 unspecified atom stereocenters. The van der Waals surface area contributed by atoms with Gasteiger partial charge in [-0.1, -0.05) is 0 Å². The predicted octanol–water partition coefficient (Wildman–Crippen LogP) is 0.502. The number of ether oxygens (including phenoxy) is 1. The molecule has 2 aromatic rings. The van der Waals surface area contributed by atoms with Crippen molar-refractivity contribution in [2.45, 2.75) is 12.8 Å². The maximum Gasteiger partial charge on any atom is 0.241 e. The van der Waals surface area contributed by atoms with Crippen molar-refractivity contribution in [3.05, 3.63) is 18.7 Å². The molecule has 1 atom stereocenters. The highest BCUT2D eigenvalue weighted by atomic mass is 16.5. The van der Waals surface area contributed by atoms with Crippen molar-refractivity contribution in [2.24, 2.45) is 5.92 Å². The fourth-order valence-corrected chi connectivity index (χ4v) is 2.45. The van der Waals surface area contributed by atoms with Gasteiger partial charge < -0.3 is 15.4 Å². The molecule has 8 heteroatoms. The number of aromatic nitrogens is 5. The first-order valence-corrected chi connectivity index (χ1v) is 7.01. The summed E-state index contributed by atoms with van der Waals surface area (Å²) in [6.45, 7) is 2.50. The van der Waals surface area contributed by atoms with Crippen LogP contribution in [0.15, 0.2) is 18.7 Å². The van der Waals surface area contributed by atoms with Crippen molar-refractivity contribution in [2.75, 3.05) is 37.4 Å². The van der Waals surface area contributed by atoms with Crippen LogP contribution in [-0.2, 0) is 4.74 Å². The third-order valence-corrected chi connectivity index (χ3v) is 3.49. The fraction of sp³-hybridized carbons (Fsp3) is 0.538. The van der Waals surface area contributed by atoms with E-state index in [1.807, 2.05) is 11.9 Å². The molecule has 1 saturated heterocycles. The zero-order valence-corrected chi connectivity index (χ0v) is 12.0. The maximum atomic E-state index is 5.79. The smallest absolute Gasteiger partial charge is 0.241 e. The standard InChI is InChI=1S/C13H19N7O/c1-19(7-10-3-2-6-21-8-10)12-16-11(14)17-13(18-12)20-5-4-15-9-20/h4-5,9-10H,2-3,6-8H2,1H3,(H2,14,16,17,18). The monoisotopic (exact) mass is 289 g/mol. The topological polar surface area (TPSA) is 95.0 Å². The Hall–Kier alpha value is -2.22. The number of nitrogens with two attached hydrogens (primary N) is 1. The van der Waals surface area contributed by atoms with Gasteiger partial charge in [-0.3, -0.25) is 4.57 Å². The summed E-state index contributed by atoms with van der Waals surface area (Å²) < 4.78 is 7.22. The van der Waals surface area contributed by atoms with Crippen molar-refractivity contribution in [3.63, 3.8) is 0 Å². The van der Waals surface area contributed by atoms with Gasteiger partial charge in [0.25, 0.3) is 0 Å². The summed E-state index contributed by atoms with van der Waals surface area (Å²) in [5, 5.41) is 0. The van der Waals surface area contributed by atoms with Gasteiger partial charge in [-0.25, -0.2) is 4.98 Å². The number of anilines is 2. The zero-order chi connectivity index (χ0) is 14.7. The summed E-state index contributed by atoms with van der Waals surface area (Å²) in [7, 11) is 1.96. The maximum absolute atomic E-state index is 5.79. The lowest BCUT2D eigenvalue weighted by molar-refractivity contribution is 0.0575. The van der Waals surface area contributed by atoms with Gasteiger partial charge in [0.1, 0.15) is 6.33 Å². The van der Waals surface area contributed by atoms with E-state index in [1.165, 1.54) is 6.42 Å². The van der Waals surface area contributed by atoms with E-state index in [1.54, 1.807) is 23.3 Å². The molecule has 3 heterocycles. The molecule has 8 nitrogen and oxygen atoms in total. The average Bonchev–Trinajstić information content (AvgIpc) is 3.02.